The molecular weight excluding hydrogens is 731 g/mol. The number of carbonyl (C=O) groups is 4. The van der Waals surface area contributed by atoms with Crippen LogP contribution in [0.1, 0.15) is 84.1 Å². The van der Waals surface area contributed by atoms with Crippen molar-refractivity contribution in [3.63, 3.8) is 0 Å². The molecule has 5 aliphatic rings. The largest absolute Gasteiger partial charge is 0.497 e. The zero-order valence-electron chi connectivity index (χ0n) is 31.8. The van der Waals surface area contributed by atoms with Gasteiger partial charge in [0.15, 0.2) is 0 Å². The van der Waals surface area contributed by atoms with Gasteiger partial charge in [0.2, 0.25) is 33.6 Å². The number of aryl methyl sites for hydroxylation is 1. The molecule has 4 amide bonds. The number of rotatable bonds is 8. The number of pyridine rings is 1. The molecule has 2 aliphatic carbocycles. The van der Waals surface area contributed by atoms with E-state index in [1.807, 2.05) is 31.2 Å². The van der Waals surface area contributed by atoms with Crippen LogP contribution < -0.4 is 29.6 Å². The van der Waals surface area contributed by atoms with Gasteiger partial charge in [-0.2, -0.15) is 4.98 Å². The van der Waals surface area contributed by atoms with Crippen molar-refractivity contribution < 1.29 is 46.9 Å². The monoisotopic (exact) mass is 781 g/mol. The van der Waals surface area contributed by atoms with E-state index < -0.39 is 68.2 Å². The van der Waals surface area contributed by atoms with Crippen LogP contribution in [-0.2, 0) is 30.8 Å². The first-order valence-electron chi connectivity index (χ1n) is 19.3. The van der Waals surface area contributed by atoms with Crippen molar-refractivity contribution >= 4 is 44.6 Å². The minimum atomic E-state index is -4.01. The third-order valence-corrected chi connectivity index (χ3v) is 14.4. The van der Waals surface area contributed by atoms with Crippen LogP contribution in [0.15, 0.2) is 30.4 Å². The summed E-state index contributed by atoms with van der Waals surface area (Å²) in [6.45, 7) is 5.96. The molecule has 55 heavy (non-hydrogen) atoms. The fourth-order valence-electron chi connectivity index (χ4n) is 8.40. The highest BCUT2D eigenvalue weighted by molar-refractivity contribution is 7.91. The van der Waals surface area contributed by atoms with Crippen molar-refractivity contribution in [2.24, 2.45) is 17.8 Å². The van der Waals surface area contributed by atoms with E-state index in [1.165, 1.54) is 4.90 Å². The van der Waals surface area contributed by atoms with Gasteiger partial charge in [-0.1, -0.05) is 32.4 Å². The van der Waals surface area contributed by atoms with E-state index in [0.717, 1.165) is 30.2 Å². The summed E-state index contributed by atoms with van der Waals surface area (Å²) in [4.78, 5) is 61.3. The number of nitrogens with zero attached hydrogens (tertiary/aromatic N) is 2. The topological polar surface area (TPSA) is 203 Å². The average Bonchev–Trinajstić information content (AvgIpc) is 4.04. The standard InChI is InChI=1S/C39H51N5O10S/c1-5-23-17-22(2)9-6-7-10-24-20-39(24,36(47)43-55(50,51)38(3)14-15-38)42-32(45)30-19-26(21-44(30)35(46)31(23)40-37(48)49)54-34-28-13-12-25(52-4)18-29(28)27-11-8-16-53-33(27)41-34/h7,10,12-13,18,22-24,26,30-31,40H,5-6,8-9,11,14-17,19-21H2,1-4H3,(H,42,45)(H,43,47)(H,48,49)/t22-,23+,24+,26+,30-,31-,39+/m0/s1. The fourth-order valence-corrected chi connectivity index (χ4v) is 9.71. The van der Waals surface area contributed by atoms with Crippen molar-refractivity contribution in [3.05, 3.63) is 35.9 Å². The van der Waals surface area contributed by atoms with Crippen LogP contribution >= 0.6 is 0 Å². The van der Waals surface area contributed by atoms with Crippen molar-refractivity contribution in [1.29, 1.82) is 0 Å². The normalized spacial score (nSPS) is 30.3. The minimum Gasteiger partial charge on any atom is -0.497 e. The molecule has 15 nitrogen and oxygen atoms in total. The maximum absolute atomic E-state index is 14.6. The Bertz CT molecular complexity index is 2020. The molecule has 3 aliphatic heterocycles. The van der Waals surface area contributed by atoms with Gasteiger partial charge < -0.3 is 34.9 Å². The maximum atomic E-state index is 14.6. The first-order chi connectivity index (χ1) is 26.2. The maximum Gasteiger partial charge on any atom is 0.405 e. The van der Waals surface area contributed by atoms with Gasteiger partial charge in [0.25, 0.3) is 5.91 Å². The molecule has 298 valence electrons. The molecule has 2 aromatic rings. The summed E-state index contributed by atoms with van der Waals surface area (Å²) < 4.78 is 45.6. The SMILES string of the molecule is CC[C@@H]1C[C@@H](C)CCC=C[C@@H]2C[C@@]2(C(=O)NS(=O)(=O)C2(C)CC2)NC(=O)[C@@H]2C[C@@H](Oc3nc4c(c5cc(OC)ccc35)CCCO4)CN2C(=O)[C@H]1NC(=O)O. The van der Waals surface area contributed by atoms with Crippen molar-refractivity contribution in [2.45, 2.75) is 113 Å². The number of hydrogen-bond donors (Lipinski definition) is 4. The predicted octanol–water partition coefficient (Wildman–Crippen LogP) is 3.83. The van der Waals surface area contributed by atoms with Crippen LogP contribution in [0.3, 0.4) is 0 Å². The molecule has 0 spiro atoms. The Kier molecular flexibility index (Phi) is 10.4. The van der Waals surface area contributed by atoms with Crippen LogP contribution in [0, 0.1) is 17.8 Å². The van der Waals surface area contributed by atoms with E-state index in [2.05, 4.69) is 22.3 Å². The lowest BCUT2D eigenvalue weighted by Crippen LogP contribution is -2.59. The van der Waals surface area contributed by atoms with E-state index in [4.69, 9.17) is 19.2 Å². The number of nitrogens with one attached hydrogen (secondary N) is 3. The van der Waals surface area contributed by atoms with Crippen molar-refractivity contribution in [2.75, 3.05) is 20.3 Å². The summed E-state index contributed by atoms with van der Waals surface area (Å²) in [5.41, 5.74) is -0.624. The predicted molar refractivity (Wildman–Crippen MR) is 201 cm³/mol. The third kappa shape index (κ3) is 7.53. The third-order valence-electron chi connectivity index (χ3n) is 12.2. The molecule has 2 saturated carbocycles. The zero-order chi connectivity index (χ0) is 39.3. The van der Waals surface area contributed by atoms with E-state index in [1.54, 1.807) is 20.1 Å². The molecular formula is C39H51N5O10S. The van der Waals surface area contributed by atoms with Gasteiger partial charge in [-0.05, 0) is 93.7 Å². The zero-order valence-corrected chi connectivity index (χ0v) is 32.6. The van der Waals surface area contributed by atoms with Gasteiger partial charge in [0, 0.05) is 23.3 Å². The molecule has 0 bridgehead atoms. The van der Waals surface area contributed by atoms with Crippen LogP contribution in [-0.4, -0.2) is 96.0 Å². The number of aromatic nitrogens is 1. The number of benzene rings is 1. The quantitative estimate of drug-likeness (QED) is 0.284. The Morgan fingerprint density at radius 3 is 2.67 bits per heavy atom. The number of fused-ring (bicyclic) bond motifs is 5. The highest BCUT2D eigenvalue weighted by Crippen LogP contribution is 2.48. The second-order valence-electron chi connectivity index (χ2n) is 16.1. The molecule has 4 N–H and O–H groups in total. The smallest absolute Gasteiger partial charge is 0.405 e. The first-order valence-corrected chi connectivity index (χ1v) is 20.8. The first kappa shape index (κ1) is 38.7. The molecule has 0 radical (unpaired) electrons. The summed E-state index contributed by atoms with van der Waals surface area (Å²) in [6.07, 6.45) is 6.74. The Morgan fingerprint density at radius 2 is 1.96 bits per heavy atom. The molecule has 0 unspecified atom stereocenters. The summed E-state index contributed by atoms with van der Waals surface area (Å²) in [6, 6.07) is 3.21. The van der Waals surface area contributed by atoms with Crippen molar-refractivity contribution in [3.8, 4) is 17.5 Å². The van der Waals surface area contributed by atoms with E-state index in [9.17, 15) is 32.7 Å². The highest BCUT2D eigenvalue weighted by atomic mass is 32.2. The molecule has 1 saturated heterocycles. The van der Waals surface area contributed by atoms with Gasteiger partial charge in [0.05, 0.1) is 25.0 Å². The number of hydrogen-bond acceptors (Lipinski definition) is 10. The lowest BCUT2D eigenvalue weighted by molar-refractivity contribution is -0.142. The van der Waals surface area contributed by atoms with Crippen LogP contribution in [0.2, 0.25) is 0 Å². The number of sulfonamides is 1. The molecule has 16 heteroatoms. The molecule has 1 aromatic carbocycles. The molecule has 4 heterocycles. The fraction of sp³-hybridized carbons (Fsp3) is 0.615. The van der Waals surface area contributed by atoms with E-state index in [-0.39, 0.29) is 37.1 Å². The number of carbonyl (C=O) groups excluding carboxylic acids is 3. The van der Waals surface area contributed by atoms with Crippen LogP contribution in [0.25, 0.3) is 10.8 Å². The summed E-state index contributed by atoms with van der Waals surface area (Å²) >= 11 is 0. The second-order valence-corrected chi connectivity index (χ2v) is 18.3. The second kappa shape index (κ2) is 14.8. The summed E-state index contributed by atoms with van der Waals surface area (Å²) in [5, 5.41) is 16.8. The lowest BCUT2D eigenvalue weighted by Gasteiger charge is -2.33. The van der Waals surface area contributed by atoms with Gasteiger partial charge in [-0.3, -0.25) is 19.1 Å². The van der Waals surface area contributed by atoms with Crippen LogP contribution in [0.5, 0.6) is 17.5 Å². The number of allylic oxidation sites excluding steroid dienone is 1. The lowest BCUT2D eigenvalue weighted by atomic mass is 9.85. The van der Waals surface area contributed by atoms with Gasteiger partial charge >= 0.3 is 6.09 Å². The highest BCUT2D eigenvalue weighted by Gasteiger charge is 2.63. The molecule has 7 atom stereocenters. The van der Waals surface area contributed by atoms with Gasteiger partial charge in [-0.25, -0.2) is 13.2 Å². The number of carboxylic acid groups (broad SMARTS) is 1. The average molecular weight is 782 g/mol. The van der Waals surface area contributed by atoms with E-state index >= 15 is 0 Å². The van der Waals surface area contributed by atoms with Crippen molar-refractivity contribution in [1.82, 2.24) is 25.2 Å². The Hall–Kier alpha value is -4.60. The van der Waals surface area contributed by atoms with Gasteiger partial charge in [0.1, 0.15) is 29.5 Å². The Morgan fingerprint density at radius 1 is 1.18 bits per heavy atom. The molecule has 3 fully saturated rings. The molecule has 1 aromatic heterocycles. The van der Waals surface area contributed by atoms with Crippen LogP contribution in [0.4, 0.5) is 4.79 Å². The number of amides is 4. The minimum absolute atomic E-state index is 0.00357. The number of ether oxygens (including phenoxy) is 3. The summed E-state index contributed by atoms with van der Waals surface area (Å²) in [7, 11) is -2.43. The Balaban J connectivity index is 1.25. The number of methoxy groups -OCH3 is 1. The molecule has 7 rings (SSSR count). The van der Waals surface area contributed by atoms with Gasteiger partial charge in [-0.15, -0.1) is 0 Å². The summed E-state index contributed by atoms with van der Waals surface area (Å²) in [5.74, 6) is -1.44. The van der Waals surface area contributed by atoms with E-state index in [0.29, 0.717) is 55.7 Å². The Labute approximate surface area is 321 Å².